The Balaban J connectivity index is 2.41. The fourth-order valence-electron chi connectivity index (χ4n) is 1.69. The van der Waals surface area contributed by atoms with Crippen LogP contribution in [-0.4, -0.2) is 35.6 Å². The van der Waals surface area contributed by atoms with Crippen LogP contribution in [0.25, 0.3) is 0 Å². The van der Waals surface area contributed by atoms with Gasteiger partial charge in [0.15, 0.2) is 0 Å². The minimum atomic E-state index is -0.599. The number of nitrogens with zero attached hydrogens (tertiary/aromatic N) is 1. The second kappa shape index (κ2) is 8.49. The topological polar surface area (TPSA) is 111 Å². The fraction of sp³-hybridized carbons (Fsp3) is 0.467. The monoisotopic (exact) mass is 357 g/mol. The Morgan fingerprint density at radius 1 is 1.25 bits per heavy atom. The van der Waals surface area contributed by atoms with Crippen molar-refractivity contribution < 1.29 is 19.2 Å². The molecule has 0 aromatic heterocycles. The first kappa shape index (κ1) is 19.7. The standard InChI is InChI=1S/C15H20ClN3O5/c1-15(2,3)24-14(21)18-8-4-7-17-13(20)11-9-10(19(22)23)5-6-12(11)16/h5-6,9H,4,7-8H2,1-3H3,(H,17,20)(H,18,21). The Kier molecular flexibility index (Phi) is 6.97. The molecule has 132 valence electrons. The fourth-order valence-corrected chi connectivity index (χ4v) is 1.89. The van der Waals surface area contributed by atoms with Crippen molar-refractivity contribution in [2.45, 2.75) is 32.8 Å². The summed E-state index contributed by atoms with van der Waals surface area (Å²) in [5, 5.41) is 16.0. The molecular formula is C15H20ClN3O5. The Morgan fingerprint density at radius 3 is 2.46 bits per heavy atom. The van der Waals surface area contributed by atoms with Gasteiger partial charge in [0, 0.05) is 25.2 Å². The first-order valence-corrected chi connectivity index (χ1v) is 7.67. The number of benzene rings is 1. The van der Waals surface area contributed by atoms with Gasteiger partial charge in [0.25, 0.3) is 11.6 Å². The van der Waals surface area contributed by atoms with Gasteiger partial charge in [0.05, 0.1) is 15.5 Å². The van der Waals surface area contributed by atoms with E-state index in [1.54, 1.807) is 20.8 Å². The molecule has 1 aromatic rings. The maximum absolute atomic E-state index is 12.0. The second-order valence-corrected chi connectivity index (χ2v) is 6.37. The average Bonchev–Trinajstić information content (AvgIpc) is 2.44. The summed E-state index contributed by atoms with van der Waals surface area (Å²) >= 11 is 5.88. The third kappa shape index (κ3) is 6.82. The third-order valence-electron chi connectivity index (χ3n) is 2.71. The van der Waals surface area contributed by atoms with Crippen molar-refractivity contribution in [3.05, 3.63) is 38.9 Å². The van der Waals surface area contributed by atoms with E-state index in [9.17, 15) is 19.7 Å². The molecule has 8 nitrogen and oxygen atoms in total. The Hall–Kier alpha value is -2.35. The van der Waals surface area contributed by atoms with Crippen molar-refractivity contribution in [1.29, 1.82) is 0 Å². The zero-order valence-electron chi connectivity index (χ0n) is 13.7. The maximum Gasteiger partial charge on any atom is 0.407 e. The summed E-state index contributed by atoms with van der Waals surface area (Å²) in [4.78, 5) is 33.5. The van der Waals surface area contributed by atoms with Crippen LogP contribution in [-0.2, 0) is 4.74 Å². The molecule has 24 heavy (non-hydrogen) atoms. The summed E-state index contributed by atoms with van der Waals surface area (Å²) < 4.78 is 5.07. The van der Waals surface area contributed by atoms with Gasteiger partial charge in [-0.25, -0.2) is 4.79 Å². The largest absolute Gasteiger partial charge is 0.444 e. The summed E-state index contributed by atoms with van der Waals surface area (Å²) in [7, 11) is 0. The molecule has 0 aliphatic carbocycles. The highest BCUT2D eigenvalue weighted by Gasteiger charge is 2.16. The molecule has 0 bridgehead atoms. The first-order valence-electron chi connectivity index (χ1n) is 7.29. The van der Waals surface area contributed by atoms with Gasteiger partial charge in [-0.3, -0.25) is 14.9 Å². The lowest BCUT2D eigenvalue weighted by molar-refractivity contribution is -0.384. The molecule has 2 amide bonds. The summed E-state index contributed by atoms with van der Waals surface area (Å²) in [6.07, 6.45) is -0.0621. The lowest BCUT2D eigenvalue weighted by Crippen LogP contribution is -2.34. The van der Waals surface area contributed by atoms with E-state index < -0.39 is 22.5 Å². The molecule has 1 aromatic carbocycles. The van der Waals surface area contributed by atoms with Gasteiger partial charge in [-0.1, -0.05) is 11.6 Å². The molecule has 0 saturated heterocycles. The zero-order valence-corrected chi connectivity index (χ0v) is 14.5. The third-order valence-corrected chi connectivity index (χ3v) is 3.04. The minimum Gasteiger partial charge on any atom is -0.444 e. The SMILES string of the molecule is CC(C)(C)OC(=O)NCCCNC(=O)c1cc([N+](=O)[O-])ccc1Cl. The van der Waals surface area contributed by atoms with Crippen LogP contribution in [0.2, 0.25) is 5.02 Å². The molecule has 0 fully saturated rings. The van der Waals surface area contributed by atoms with Crippen LogP contribution in [0.5, 0.6) is 0 Å². The number of alkyl carbamates (subject to hydrolysis) is 1. The van der Waals surface area contributed by atoms with Crippen molar-refractivity contribution >= 4 is 29.3 Å². The highest BCUT2D eigenvalue weighted by molar-refractivity contribution is 6.33. The van der Waals surface area contributed by atoms with E-state index in [0.29, 0.717) is 13.0 Å². The average molecular weight is 358 g/mol. The van der Waals surface area contributed by atoms with Crippen molar-refractivity contribution in [3.8, 4) is 0 Å². The number of hydrogen-bond acceptors (Lipinski definition) is 5. The first-order chi connectivity index (χ1) is 11.1. The molecule has 1 rings (SSSR count). The Labute approximate surface area is 144 Å². The van der Waals surface area contributed by atoms with Gasteiger partial charge < -0.3 is 15.4 Å². The number of carbonyl (C=O) groups excluding carboxylic acids is 2. The molecule has 0 atom stereocenters. The van der Waals surface area contributed by atoms with Gasteiger partial charge in [0.2, 0.25) is 0 Å². The zero-order chi connectivity index (χ0) is 18.3. The van der Waals surface area contributed by atoms with Crippen molar-refractivity contribution in [2.75, 3.05) is 13.1 Å². The number of carbonyl (C=O) groups is 2. The van der Waals surface area contributed by atoms with E-state index in [1.165, 1.54) is 12.1 Å². The highest BCUT2D eigenvalue weighted by atomic mass is 35.5. The maximum atomic E-state index is 12.0. The normalized spacial score (nSPS) is 10.8. The number of nitro benzene ring substituents is 1. The van der Waals surface area contributed by atoms with Gasteiger partial charge >= 0.3 is 6.09 Å². The molecular weight excluding hydrogens is 338 g/mol. The molecule has 2 N–H and O–H groups in total. The lowest BCUT2D eigenvalue weighted by atomic mass is 10.2. The molecule has 0 aliphatic rings. The van der Waals surface area contributed by atoms with E-state index in [2.05, 4.69) is 10.6 Å². The van der Waals surface area contributed by atoms with Crippen molar-refractivity contribution in [2.24, 2.45) is 0 Å². The molecule has 0 radical (unpaired) electrons. The smallest absolute Gasteiger partial charge is 0.407 e. The van der Waals surface area contributed by atoms with Gasteiger partial charge in [-0.15, -0.1) is 0 Å². The van der Waals surface area contributed by atoms with Crippen LogP contribution in [0.15, 0.2) is 18.2 Å². The quantitative estimate of drug-likeness (QED) is 0.462. The van der Waals surface area contributed by atoms with E-state index >= 15 is 0 Å². The number of hydrogen-bond donors (Lipinski definition) is 2. The van der Waals surface area contributed by atoms with Crippen LogP contribution in [0.3, 0.4) is 0 Å². The Bertz CT molecular complexity index is 628. The van der Waals surface area contributed by atoms with Gasteiger partial charge in [0.1, 0.15) is 5.60 Å². The van der Waals surface area contributed by atoms with Crippen molar-refractivity contribution in [3.63, 3.8) is 0 Å². The van der Waals surface area contributed by atoms with Crippen LogP contribution in [0, 0.1) is 10.1 Å². The number of amides is 2. The summed E-state index contributed by atoms with van der Waals surface area (Å²) in [5.74, 6) is -0.513. The highest BCUT2D eigenvalue weighted by Crippen LogP contribution is 2.21. The van der Waals surface area contributed by atoms with Crippen LogP contribution < -0.4 is 10.6 Å². The predicted octanol–water partition coefficient (Wildman–Crippen LogP) is 2.89. The summed E-state index contributed by atoms with van der Waals surface area (Å²) in [6.45, 7) is 5.87. The van der Waals surface area contributed by atoms with Crippen molar-refractivity contribution in [1.82, 2.24) is 10.6 Å². The minimum absolute atomic E-state index is 0.0333. The van der Waals surface area contributed by atoms with Crippen LogP contribution >= 0.6 is 11.6 Å². The number of nitro groups is 1. The Morgan fingerprint density at radius 2 is 1.88 bits per heavy atom. The van der Waals surface area contributed by atoms with E-state index in [1.807, 2.05) is 0 Å². The second-order valence-electron chi connectivity index (χ2n) is 5.96. The van der Waals surface area contributed by atoms with Crippen LogP contribution in [0.1, 0.15) is 37.6 Å². The van der Waals surface area contributed by atoms with E-state index in [-0.39, 0.29) is 22.8 Å². The van der Waals surface area contributed by atoms with Gasteiger partial charge in [-0.2, -0.15) is 0 Å². The molecule has 9 heteroatoms. The van der Waals surface area contributed by atoms with E-state index in [0.717, 1.165) is 6.07 Å². The van der Waals surface area contributed by atoms with E-state index in [4.69, 9.17) is 16.3 Å². The molecule has 0 saturated carbocycles. The lowest BCUT2D eigenvalue weighted by Gasteiger charge is -2.19. The molecule has 0 unspecified atom stereocenters. The number of non-ortho nitro benzene ring substituents is 1. The van der Waals surface area contributed by atoms with Crippen LogP contribution in [0.4, 0.5) is 10.5 Å². The number of halogens is 1. The number of rotatable bonds is 6. The summed E-state index contributed by atoms with van der Waals surface area (Å²) in [6, 6.07) is 3.65. The molecule has 0 spiro atoms. The number of ether oxygens (including phenoxy) is 1. The molecule has 0 heterocycles. The summed E-state index contributed by atoms with van der Waals surface area (Å²) in [5.41, 5.74) is -0.751. The number of nitrogens with one attached hydrogen (secondary N) is 2. The predicted molar refractivity (Wildman–Crippen MR) is 89.3 cm³/mol. The molecule has 0 aliphatic heterocycles. The van der Waals surface area contributed by atoms with Gasteiger partial charge in [-0.05, 0) is 33.3 Å².